The third kappa shape index (κ3) is 2.35. The number of nitrogens with zero attached hydrogens (tertiary/aromatic N) is 2. The van der Waals surface area contributed by atoms with Gasteiger partial charge in [-0.25, -0.2) is 4.98 Å². The first-order valence-electron chi connectivity index (χ1n) is 4.21. The number of nitrogens with one attached hydrogen (secondary N) is 1. The zero-order valence-electron chi connectivity index (χ0n) is 7.92. The molecule has 0 atom stereocenters. The standard InChI is InChI=1S/C10H10N4.ClH/c11-10(12)9-6-14(7-13-9)8-4-2-1-3-5-8;/h1-7H,(H3,11,12);1H. The first-order chi connectivity index (χ1) is 6.77. The van der Waals surface area contributed by atoms with E-state index in [4.69, 9.17) is 11.1 Å². The monoisotopic (exact) mass is 222 g/mol. The average molecular weight is 223 g/mol. The number of hydrogen-bond donors (Lipinski definition) is 2. The van der Waals surface area contributed by atoms with E-state index in [-0.39, 0.29) is 18.2 Å². The molecule has 1 heterocycles. The Morgan fingerprint density at radius 2 is 1.93 bits per heavy atom. The minimum absolute atomic E-state index is 0. The Balaban J connectivity index is 0.00000112. The lowest BCUT2D eigenvalue weighted by Crippen LogP contribution is -2.11. The maximum absolute atomic E-state index is 7.21. The van der Waals surface area contributed by atoms with Crippen molar-refractivity contribution in [3.05, 3.63) is 48.5 Å². The number of benzene rings is 1. The molecule has 5 heteroatoms. The minimum atomic E-state index is -0.0142. The van der Waals surface area contributed by atoms with Crippen molar-refractivity contribution in [2.75, 3.05) is 0 Å². The summed E-state index contributed by atoms with van der Waals surface area (Å²) in [6.07, 6.45) is 3.38. The van der Waals surface area contributed by atoms with Crippen molar-refractivity contribution in [1.82, 2.24) is 9.55 Å². The molecule has 0 radical (unpaired) electrons. The molecule has 0 fully saturated rings. The Hall–Kier alpha value is -1.81. The third-order valence-electron chi connectivity index (χ3n) is 1.91. The molecule has 1 aromatic carbocycles. The minimum Gasteiger partial charge on any atom is -0.382 e. The molecule has 2 rings (SSSR count). The lowest BCUT2D eigenvalue weighted by atomic mass is 10.3. The van der Waals surface area contributed by atoms with Gasteiger partial charge in [0, 0.05) is 11.9 Å². The van der Waals surface area contributed by atoms with E-state index in [2.05, 4.69) is 4.98 Å². The maximum atomic E-state index is 7.21. The second kappa shape index (κ2) is 4.61. The number of amidine groups is 1. The fourth-order valence-corrected chi connectivity index (χ4v) is 1.20. The van der Waals surface area contributed by atoms with Crippen LogP contribution in [0.1, 0.15) is 5.69 Å². The Kier molecular flexibility index (Phi) is 3.46. The van der Waals surface area contributed by atoms with Gasteiger partial charge in [0.2, 0.25) is 0 Å². The number of nitrogens with two attached hydrogens (primary N) is 1. The summed E-state index contributed by atoms with van der Waals surface area (Å²) in [4.78, 5) is 4.01. The molecule has 0 aliphatic heterocycles. The van der Waals surface area contributed by atoms with E-state index < -0.39 is 0 Å². The molecule has 2 aromatic rings. The zero-order chi connectivity index (χ0) is 9.97. The molecule has 0 unspecified atom stereocenters. The van der Waals surface area contributed by atoms with E-state index in [9.17, 15) is 0 Å². The smallest absolute Gasteiger partial charge is 0.143 e. The first-order valence-corrected chi connectivity index (χ1v) is 4.21. The highest BCUT2D eigenvalue weighted by Gasteiger charge is 2.01. The number of rotatable bonds is 2. The van der Waals surface area contributed by atoms with Crippen LogP contribution in [-0.2, 0) is 0 Å². The molecule has 15 heavy (non-hydrogen) atoms. The number of imidazole rings is 1. The van der Waals surface area contributed by atoms with Crippen molar-refractivity contribution in [1.29, 1.82) is 5.41 Å². The molecule has 0 aliphatic carbocycles. The van der Waals surface area contributed by atoms with Crippen molar-refractivity contribution in [3.8, 4) is 5.69 Å². The van der Waals surface area contributed by atoms with Crippen molar-refractivity contribution >= 4 is 18.2 Å². The highest BCUT2D eigenvalue weighted by Crippen LogP contribution is 2.07. The largest absolute Gasteiger partial charge is 0.382 e. The Morgan fingerprint density at radius 3 is 2.47 bits per heavy atom. The summed E-state index contributed by atoms with van der Waals surface area (Å²) in [6, 6.07) is 9.77. The number of aromatic nitrogens is 2. The SMILES string of the molecule is Cl.N=C(N)c1cn(-c2ccccc2)cn1. The predicted octanol–water partition coefficient (Wildman–Crippen LogP) is 1.58. The van der Waals surface area contributed by atoms with Crippen molar-refractivity contribution < 1.29 is 0 Å². The van der Waals surface area contributed by atoms with Crippen molar-refractivity contribution in [3.63, 3.8) is 0 Å². The molecule has 0 saturated carbocycles. The molecule has 78 valence electrons. The first kappa shape index (κ1) is 11.3. The van der Waals surface area contributed by atoms with Crippen LogP contribution in [0.15, 0.2) is 42.9 Å². The fraction of sp³-hybridized carbons (Fsp3) is 0. The Labute approximate surface area is 93.7 Å². The number of nitrogen functional groups attached to an aromatic ring is 1. The third-order valence-corrected chi connectivity index (χ3v) is 1.91. The molecule has 0 spiro atoms. The molecular formula is C10H11ClN4. The number of para-hydroxylation sites is 1. The Bertz CT molecular complexity index is 449. The van der Waals surface area contributed by atoms with Gasteiger partial charge in [-0.15, -0.1) is 12.4 Å². The van der Waals surface area contributed by atoms with E-state index in [0.717, 1.165) is 5.69 Å². The van der Waals surface area contributed by atoms with E-state index in [1.54, 1.807) is 12.5 Å². The van der Waals surface area contributed by atoms with Crippen molar-refractivity contribution in [2.45, 2.75) is 0 Å². The second-order valence-corrected chi connectivity index (χ2v) is 2.92. The summed E-state index contributed by atoms with van der Waals surface area (Å²) in [5.41, 5.74) is 6.81. The lowest BCUT2D eigenvalue weighted by molar-refractivity contribution is 1.06. The van der Waals surface area contributed by atoms with Gasteiger partial charge in [-0.3, -0.25) is 5.41 Å². The number of halogens is 1. The van der Waals surface area contributed by atoms with Gasteiger partial charge < -0.3 is 10.3 Å². The summed E-state index contributed by atoms with van der Waals surface area (Å²) in [6.45, 7) is 0. The van der Waals surface area contributed by atoms with Gasteiger partial charge in [0.1, 0.15) is 17.9 Å². The Morgan fingerprint density at radius 1 is 1.27 bits per heavy atom. The van der Waals surface area contributed by atoms with Crippen molar-refractivity contribution in [2.24, 2.45) is 5.73 Å². The highest BCUT2D eigenvalue weighted by atomic mass is 35.5. The van der Waals surface area contributed by atoms with Gasteiger partial charge in [0.15, 0.2) is 0 Å². The van der Waals surface area contributed by atoms with Gasteiger partial charge >= 0.3 is 0 Å². The zero-order valence-corrected chi connectivity index (χ0v) is 8.74. The van der Waals surface area contributed by atoms with Crippen LogP contribution in [0.4, 0.5) is 0 Å². The topological polar surface area (TPSA) is 67.7 Å². The van der Waals surface area contributed by atoms with Gasteiger partial charge in [-0.05, 0) is 12.1 Å². The van der Waals surface area contributed by atoms with E-state index in [1.165, 1.54) is 0 Å². The molecular weight excluding hydrogens is 212 g/mol. The normalized spacial score (nSPS) is 9.33. The van der Waals surface area contributed by atoms with Crippen LogP contribution in [0.25, 0.3) is 5.69 Å². The maximum Gasteiger partial charge on any atom is 0.143 e. The van der Waals surface area contributed by atoms with E-state index >= 15 is 0 Å². The summed E-state index contributed by atoms with van der Waals surface area (Å²) in [5, 5.41) is 7.21. The number of hydrogen-bond acceptors (Lipinski definition) is 2. The van der Waals surface area contributed by atoms with Crippen LogP contribution in [-0.4, -0.2) is 15.4 Å². The average Bonchev–Trinajstić information content (AvgIpc) is 2.68. The van der Waals surface area contributed by atoms with Gasteiger partial charge in [-0.1, -0.05) is 18.2 Å². The van der Waals surface area contributed by atoms with E-state index in [0.29, 0.717) is 5.69 Å². The van der Waals surface area contributed by atoms with Crippen LogP contribution in [0.5, 0.6) is 0 Å². The van der Waals surface area contributed by atoms with Gasteiger partial charge in [0.05, 0.1) is 0 Å². The summed E-state index contributed by atoms with van der Waals surface area (Å²) >= 11 is 0. The second-order valence-electron chi connectivity index (χ2n) is 2.92. The highest BCUT2D eigenvalue weighted by molar-refractivity contribution is 5.92. The van der Waals surface area contributed by atoms with Gasteiger partial charge in [0.25, 0.3) is 0 Å². The van der Waals surface area contributed by atoms with Crippen LogP contribution in [0.2, 0.25) is 0 Å². The van der Waals surface area contributed by atoms with Crippen LogP contribution < -0.4 is 5.73 Å². The lowest BCUT2D eigenvalue weighted by Gasteiger charge is -1.99. The fourth-order valence-electron chi connectivity index (χ4n) is 1.20. The quantitative estimate of drug-likeness (QED) is 0.599. The summed E-state index contributed by atoms with van der Waals surface area (Å²) in [7, 11) is 0. The molecule has 0 amide bonds. The summed E-state index contributed by atoms with van der Waals surface area (Å²) in [5.74, 6) is -0.0142. The molecule has 0 aliphatic rings. The predicted molar refractivity (Wildman–Crippen MR) is 61.8 cm³/mol. The summed E-state index contributed by atoms with van der Waals surface area (Å²) < 4.78 is 1.83. The molecule has 1 aromatic heterocycles. The van der Waals surface area contributed by atoms with Crippen LogP contribution in [0, 0.1) is 5.41 Å². The van der Waals surface area contributed by atoms with Gasteiger partial charge in [-0.2, -0.15) is 0 Å². The van der Waals surface area contributed by atoms with E-state index in [1.807, 2.05) is 34.9 Å². The molecule has 0 saturated heterocycles. The van der Waals surface area contributed by atoms with Crippen LogP contribution in [0.3, 0.4) is 0 Å². The van der Waals surface area contributed by atoms with Crippen LogP contribution >= 0.6 is 12.4 Å². The molecule has 4 nitrogen and oxygen atoms in total. The molecule has 3 N–H and O–H groups in total. The molecule has 0 bridgehead atoms.